The number of carboxylic acid groups (broad SMARTS) is 1. The first-order valence-corrected chi connectivity index (χ1v) is 5.25. The molecule has 0 bridgehead atoms. The van der Waals surface area contributed by atoms with Crippen LogP contribution >= 0.6 is 0 Å². The van der Waals surface area contributed by atoms with Gasteiger partial charge in [0.25, 0.3) is 0 Å². The maximum atomic E-state index is 10.3. The van der Waals surface area contributed by atoms with E-state index in [4.69, 9.17) is 10.4 Å². The lowest BCUT2D eigenvalue weighted by Crippen LogP contribution is -2.15. The topological polar surface area (TPSA) is 81.3 Å². The monoisotopic (exact) mass is 213 g/mol. The van der Waals surface area contributed by atoms with Crippen molar-refractivity contribution in [2.75, 3.05) is 0 Å². The van der Waals surface area contributed by atoms with Crippen LogP contribution in [0, 0.1) is 23.2 Å². The van der Waals surface area contributed by atoms with Crippen molar-refractivity contribution in [3.8, 4) is 6.07 Å². The molecule has 0 rings (SSSR count). The first kappa shape index (κ1) is 13.9. The van der Waals surface area contributed by atoms with Gasteiger partial charge in [0.05, 0.1) is 12.2 Å². The van der Waals surface area contributed by atoms with Crippen molar-refractivity contribution < 1.29 is 15.0 Å². The number of nitriles is 1. The number of nitrogens with zero attached hydrogens (tertiary/aromatic N) is 1. The Morgan fingerprint density at radius 1 is 1.40 bits per heavy atom. The number of aliphatic carboxylic acids is 1. The molecule has 4 nitrogen and oxygen atoms in total. The number of hydrogen-bond donors (Lipinski definition) is 2. The van der Waals surface area contributed by atoms with Crippen molar-refractivity contribution in [1.29, 1.82) is 5.26 Å². The maximum Gasteiger partial charge on any atom is 0.303 e. The number of carbonyl (C=O) groups is 1. The standard InChI is InChI=1S/C11H19NO3/c1-8(2)5-9(7-12)6-10(13)3-4-11(14)15/h8-10,13H,3-6H2,1-2H3,(H,14,15). The van der Waals surface area contributed by atoms with E-state index in [1.807, 2.05) is 13.8 Å². The van der Waals surface area contributed by atoms with Crippen LogP contribution in [-0.2, 0) is 4.79 Å². The van der Waals surface area contributed by atoms with Gasteiger partial charge in [0.2, 0.25) is 0 Å². The molecule has 0 radical (unpaired) electrons. The molecule has 15 heavy (non-hydrogen) atoms. The fourth-order valence-corrected chi connectivity index (χ4v) is 1.51. The lowest BCUT2D eigenvalue weighted by Gasteiger charge is -2.15. The summed E-state index contributed by atoms with van der Waals surface area (Å²) >= 11 is 0. The number of carboxylic acids is 1. The molecule has 0 saturated heterocycles. The van der Waals surface area contributed by atoms with Gasteiger partial charge in [-0.25, -0.2) is 0 Å². The molecule has 0 heterocycles. The lowest BCUT2D eigenvalue weighted by atomic mass is 9.92. The molecule has 2 unspecified atom stereocenters. The van der Waals surface area contributed by atoms with Crippen molar-refractivity contribution in [2.45, 2.75) is 45.6 Å². The summed E-state index contributed by atoms with van der Waals surface area (Å²) in [6, 6.07) is 2.14. The van der Waals surface area contributed by atoms with Crippen LogP contribution in [0.15, 0.2) is 0 Å². The first-order valence-electron chi connectivity index (χ1n) is 5.25. The molecule has 2 N–H and O–H groups in total. The molecule has 4 heteroatoms. The minimum Gasteiger partial charge on any atom is -0.481 e. The van der Waals surface area contributed by atoms with Gasteiger partial charge in [-0.15, -0.1) is 0 Å². The molecular weight excluding hydrogens is 194 g/mol. The van der Waals surface area contributed by atoms with Gasteiger partial charge in [0, 0.05) is 12.3 Å². The summed E-state index contributed by atoms with van der Waals surface area (Å²) in [4.78, 5) is 10.3. The van der Waals surface area contributed by atoms with E-state index in [0.717, 1.165) is 6.42 Å². The number of hydrogen-bond acceptors (Lipinski definition) is 3. The van der Waals surface area contributed by atoms with Crippen molar-refractivity contribution in [2.24, 2.45) is 11.8 Å². The quantitative estimate of drug-likeness (QED) is 0.675. The van der Waals surface area contributed by atoms with Crippen LogP contribution in [-0.4, -0.2) is 22.3 Å². The summed E-state index contributed by atoms with van der Waals surface area (Å²) in [5, 5.41) is 26.7. The van der Waals surface area contributed by atoms with Crippen molar-refractivity contribution >= 4 is 5.97 Å². The molecule has 86 valence electrons. The minimum absolute atomic E-state index is 0.0407. The van der Waals surface area contributed by atoms with E-state index in [1.54, 1.807) is 0 Å². The Labute approximate surface area is 90.5 Å². The van der Waals surface area contributed by atoms with Gasteiger partial charge in [-0.2, -0.15) is 5.26 Å². The molecule has 0 aliphatic carbocycles. The highest BCUT2D eigenvalue weighted by Gasteiger charge is 2.16. The van der Waals surface area contributed by atoms with Crippen molar-refractivity contribution in [3.05, 3.63) is 0 Å². The van der Waals surface area contributed by atoms with E-state index >= 15 is 0 Å². The van der Waals surface area contributed by atoms with E-state index in [9.17, 15) is 9.90 Å². The summed E-state index contributed by atoms with van der Waals surface area (Å²) < 4.78 is 0. The molecule has 0 aromatic heterocycles. The number of rotatable bonds is 7. The minimum atomic E-state index is -0.911. The fraction of sp³-hybridized carbons (Fsp3) is 0.818. The fourth-order valence-electron chi connectivity index (χ4n) is 1.51. The SMILES string of the molecule is CC(C)CC(C#N)CC(O)CCC(=O)O. The molecule has 0 aliphatic rings. The van der Waals surface area contributed by atoms with Crippen LogP contribution in [0.5, 0.6) is 0 Å². The molecule has 0 amide bonds. The third-order valence-corrected chi connectivity index (χ3v) is 2.19. The van der Waals surface area contributed by atoms with Gasteiger partial charge >= 0.3 is 5.97 Å². The molecule has 0 aromatic rings. The highest BCUT2D eigenvalue weighted by Crippen LogP contribution is 2.18. The van der Waals surface area contributed by atoms with E-state index in [1.165, 1.54) is 0 Å². The van der Waals surface area contributed by atoms with E-state index < -0.39 is 12.1 Å². The van der Waals surface area contributed by atoms with Crippen LogP contribution in [0.3, 0.4) is 0 Å². The molecule has 0 aromatic carbocycles. The Kier molecular flexibility index (Phi) is 6.72. The first-order chi connectivity index (χ1) is 6.95. The molecule has 0 fully saturated rings. The van der Waals surface area contributed by atoms with Crippen LogP contribution < -0.4 is 0 Å². The zero-order chi connectivity index (χ0) is 11.8. The lowest BCUT2D eigenvalue weighted by molar-refractivity contribution is -0.137. The predicted molar refractivity (Wildman–Crippen MR) is 56.1 cm³/mol. The Morgan fingerprint density at radius 2 is 2.00 bits per heavy atom. The average molecular weight is 213 g/mol. The van der Waals surface area contributed by atoms with Gasteiger partial charge in [-0.3, -0.25) is 4.79 Å². The maximum absolute atomic E-state index is 10.3. The third-order valence-electron chi connectivity index (χ3n) is 2.19. The van der Waals surface area contributed by atoms with Crippen molar-refractivity contribution in [1.82, 2.24) is 0 Å². The van der Waals surface area contributed by atoms with E-state index in [0.29, 0.717) is 12.3 Å². The molecule has 0 saturated carbocycles. The summed E-state index contributed by atoms with van der Waals surface area (Å²) in [5.41, 5.74) is 0. The Balaban J connectivity index is 3.86. The second-order valence-electron chi connectivity index (χ2n) is 4.28. The van der Waals surface area contributed by atoms with E-state index in [-0.39, 0.29) is 18.8 Å². The van der Waals surface area contributed by atoms with Crippen LogP contribution in [0.4, 0.5) is 0 Å². The van der Waals surface area contributed by atoms with Gasteiger partial charge in [0.15, 0.2) is 0 Å². The third kappa shape index (κ3) is 7.95. The summed E-state index contributed by atoms with van der Waals surface area (Å²) in [7, 11) is 0. The number of aliphatic hydroxyl groups excluding tert-OH is 1. The molecule has 0 aliphatic heterocycles. The average Bonchev–Trinajstić information content (AvgIpc) is 2.13. The molecule has 0 spiro atoms. The Bertz CT molecular complexity index is 232. The van der Waals surface area contributed by atoms with Gasteiger partial charge in [-0.1, -0.05) is 13.8 Å². The highest BCUT2D eigenvalue weighted by molar-refractivity contribution is 5.66. The number of aliphatic hydroxyl groups is 1. The Hall–Kier alpha value is -1.08. The largest absolute Gasteiger partial charge is 0.481 e. The van der Waals surface area contributed by atoms with Gasteiger partial charge in [0.1, 0.15) is 0 Å². The van der Waals surface area contributed by atoms with Gasteiger partial charge in [-0.05, 0) is 25.2 Å². The normalized spacial score (nSPS) is 14.6. The zero-order valence-electron chi connectivity index (χ0n) is 9.31. The van der Waals surface area contributed by atoms with Crippen molar-refractivity contribution in [3.63, 3.8) is 0 Å². The summed E-state index contributed by atoms with van der Waals surface area (Å²) in [6.07, 6.45) is 0.638. The summed E-state index contributed by atoms with van der Waals surface area (Å²) in [5.74, 6) is -0.665. The predicted octanol–water partition coefficient (Wildman–Crippen LogP) is 1.79. The molecule has 2 atom stereocenters. The van der Waals surface area contributed by atoms with Crippen LogP contribution in [0.1, 0.15) is 39.5 Å². The second kappa shape index (κ2) is 7.24. The van der Waals surface area contributed by atoms with E-state index in [2.05, 4.69) is 6.07 Å². The zero-order valence-corrected chi connectivity index (χ0v) is 9.31. The highest BCUT2D eigenvalue weighted by atomic mass is 16.4. The molecular formula is C11H19NO3. The van der Waals surface area contributed by atoms with Gasteiger partial charge < -0.3 is 10.2 Å². The van der Waals surface area contributed by atoms with Crippen LogP contribution in [0.2, 0.25) is 0 Å². The smallest absolute Gasteiger partial charge is 0.303 e. The Morgan fingerprint density at radius 3 is 2.40 bits per heavy atom. The summed E-state index contributed by atoms with van der Waals surface area (Å²) in [6.45, 7) is 4.04. The second-order valence-corrected chi connectivity index (χ2v) is 4.28. The van der Waals surface area contributed by atoms with Crippen LogP contribution in [0.25, 0.3) is 0 Å².